The van der Waals surface area contributed by atoms with Gasteiger partial charge in [0.05, 0.1) is 12.7 Å². The van der Waals surface area contributed by atoms with Gasteiger partial charge < -0.3 is 20.1 Å². The molecule has 0 saturated carbocycles. The van der Waals surface area contributed by atoms with Gasteiger partial charge in [0.2, 0.25) is 0 Å². The van der Waals surface area contributed by atoms with Gasteiger partial charge in [0.1, 0.15) is 5.75 Å². The van der Waals surface area contributed by atoms with Crippen LogP contribution in [0.1, 0.15) is 24.0 Å². The number of aliphatic hydroxyl groups excluding tert-OH is 1. The monoisotopic (exact) mass is 346 g/mol. The van der Waals surface area contributed by atoms with E-state index in [1.54, 1.807) is 4.90 Å². The van der Waals surface area contributed by atoms with Crippen molar-refractivity contribution in [2.75, 3.05) is 26.8 Å². The van der Waals surface area contributed by atoms with Crippen LogP contribution in [0, 0.1) is 5.92 Å². The zero-order chi connectivity index (χ0) is 17.7. The first kappa shape index (κ1) is 18.4. The van der Waals surface area contributed by atoms with E-state index in [1.807, 2.05) is 0 Å². The molecule has 1 aliphatic heterocycles. The largest absolute Gasteiger partial charge is 0.497 e. The highest BCUT2D eigenvalue weighted by atomic mass is 19.4. The average molecular weight is 346 g/mol. The van der Waals surface area contributed by atoms with Crippen LogP contribution >= 0.6 is 0 Å². The van der Waals surface area contributed by atoms with Gasteiger partial charge >= 0.3 is 12.2 Å². The number of carbonyl (C=O) groups is 1. The molecule has 1 heterocycles. The summed E-state index contributed by atoms with van der Waals surface area (Å²) in [6.45, 7) is 0.867. The number of urea groups is 1. The Morgan fingerprint density at radius 2 is 2.04 bits per heavy atom. The van der Waals surface area contributed by atoms with Crippen LogP contribution in [0.2, 0.25) is 0 Å². The van der Waals surface area contributed by atoms with Gasteiger partial charge in [0, 0.05) is 26.2 Å². The minimum absolute atomic E-state index is 0.0121. The Balaban J connectivity index is 2.00. The van der Waals surface area contributed by atoms with Crippen molar-refractivity contribution in [3.8, 4) is 5.75 Å². The van der Waals surface area contributed by atoms with Crippen molar-refractivity contribution in [2.45, 2.75) is 25.6 Å². The van der Waals surface area contributed by atoms with Crippen LogP contribution < -0.4 is 10.1 Å². The highest BCUT2D eigenvalue weighted by Crippen LogP contribution is 2.34. The molecule has 0 atom stereocenters. The predicted octanol–water partition coefficient (Wildman–Crippen LogP) is 2.63. The summed E-state index contributed by atoms with van der Waals surface area (Å²) in [4.78, 5) is 13.7. The van der Waals surface area contributed by atoms with Crippen LogP contribution in [-0.4, -0.2) is 42.8 Å². The molecular weight excluding hydrogens is 325 g/mol. The van der Waals surface area contributed by atoms with Crippen LogP contribution in [-0.2, 0) is 12.7 Å². The van der Waals surface area contributed by atoms with E-state index in [2.05, 4.69) is 5.32 Å². The third kappa shape index (κ3) is 4.53. The number of hydrogen-bond donors (Lipinski definition) is 2. The van der Waals surface area contributed by atoms with Crippen LogP contribution in [0.5, 0.6) is 5.75 Å². The molecule has 24 heavy (non-hydrogen) atoms. The van der Waals surface area contributed by atoms with Gasteiger partial charge in [0.15, 0.2) is 0 Å². The predicted molar refractivity (Wildman–Crippen MR) is 81.6 cm³/mol. The molecule has 5 nitrogen and oxygen atoms in total. The van der Waals surface area contributed by atoms with Gasteiger partial charge in [0.25, 0.3) is 0 Å². The lowest BCUT2D eigenvalue weighted by Gasteiger charge is -2.31. The number of piperidine rings is 1. The summed E-state index contributed by atoms with van der Waals surface area (Å²) in [5, 5.41) is 11.6. The lowest BCUT2D eigenvalue weighted by Crippen LogP contribution is -2.44. The molecule has 0 bridgehead atoms. The van der Waals surface area contributed by atoms with E-state index < -0.39 is 17.8 Å². The van der Waals surface area contributed by atoms with Crippen molar-refractivity contribution in [1.29, 1.82) is 0 Å². The molecular formula is C16H21F3N2O3. The Morgan fingerprint density at radius 3 is 2.58 bits per heavy atom. The summed E-state index contributed by atoms with van der Waals surface area (Å²) in [7, 11) is 1.30. The minimum Gasteiger partial charge on any atom is -0.497 e. The van der Waals surface area contributed by atoms with Gasteiger partial charge in [-0.3, -0.25) is 0 Å². The van der Waals surface area contributed by atoms with E-state index in [0.717, 1.165) is 6.07 Å². The number of alkyl halides is 3. The number of nitrogens with one attached hydrogen (secondary N) is 1. The number of halogens is 3. The Kier molecular flexibility index (Phi) is 5.93. The maximum Gasteiger partial charge on any atom is 0.416 e. The van der Waals surface area contributed by atoms with E-state index in [-0.39, 0.29) is 30.4 Å². The standard InChI is InChI=1S/C16H21F3N2O3/c1-24-13-3-2-12(14(8-13)16(17,18)19)9-20-15(23)21-6-4-11(10-22)5-7-21/h2-3,8,11,22H,4-7,9-10H2,1H3,(H,20,23). The smallest absolute Gasteiger partial charge is 0.416 e. The van der Waals surface area contributed by atoms with Crippen LogP contribution in [0.4, 0.5) is 18.0 Å². The Bertz CT molecular complexity index is 570. The van der Waals surface area contributed by atoms with E-state index in [4.69, 9.17) is 9.84 Å². The number of rotatable bonds is 4. The maximum atomic E-state index is 13.1. The average Bonchev–Trinajstić information content (AvgIpc) is 2.58. The fourth-order valence-corrected chi connectivity index (χ4v) is 2.70. The molecule has 0 unspecified atom stereocenters. The van der Waals surface area contributed by atoms with Crippen LogP contribution in [0.15, 0.2) is 18.2 Å². The topological polar surface area (TPSA) is 61.8 Å². The fourth-order valence-electron chi connectivity index (χ4n) is 2.70. The Hall–Kier alpha value is -1.96. The first-order chi connectivity index (χ1) is 11.3. The van der Waals surface area contributed by atoms with E-state index in [9.17, 15) is 18.0 Å². The lowest BCUT2D eigenvalue weighted by molar-refractivity contribution is -0.138. The van der Waals surface area contributed by atoms with Crippen molar-refractivity contribution in [1.82, 2.24) is 10.2 Å². The second-order valence-corrected chi connectivity index (χ2v) is 5.79. The second-order valence-electron chi connectivity index (χ2n) is 5.79. The summed E-state index contributed by atoms with van der Waals surface area (Å²) >= 11 is 0. The molecule has 0 spiro atoms. The SMILES string of the molecule is COc1ccc(CNC(=O)N2CCC(CO)CC2)c(C(F)(F)F)c1. The summed E-state index contributed by atoms with van der Waals surface area (Å²) in [5.41, 5.74) is -0.831. The molecule has 2 rings (SSSR count). The molecule has 0 aromatic heterocycles. The third-order valence-corrected chi connectivity index (χ3v) is 4.21. The third-order valence-electron chi connectivity index (χ3n) is 4.21. The first-order valence-electron chi connectivity index (χ1n) is 7.73. The molecule has 1 aromatic rings. The Labute approximate surface area is 138 Å². The maximum absolute atomic E-state index is 13.1. The molecule has 1 aromatic carbocycles. The number of aliphatic hydroxyl groups is 1. The van der Waals surface area contributed by atoms with Crippen molar-refractivity contribution < 1.29 is 27.8 Å². The van der Waals surface area contributed by atoms with Crippen molar-refractivity contribution in [2.24, 2.45) is 5.92 Å². The van der Waals surface area contributed by atoms with Crippen molar-refractivity contribution >= 4 is 6.03 Å². The fraction of sp³-hybridized carbons (Fsp3) is 0.562. The molecule has 2 N–H and O–H groups in total. The summed E-state index contributed by atoms with van der Waals surface area (Å²) in [5.74, 6) is 0.302. The van der Waals surface area contributed by atoms with E-state index in [1.165, 1.54) is 19.2 Å². The molecule has 0 aliphatic carbocycles. The zero-order valence-corrected chi connectivity index (χ0v) is 13.4. The number of carbonyl (C=O) groups excluding carboxylic acids is 1. The molecule has 1 fully saturated rings. The molecule has 2 amide bonds. The number of amides is 2. The van der Waals surface area contributed by atoms with Gasteiger partial charge in [-0.05, 0) is 36.5 Å². The zero-order valence-electron chi connectivity index (χ0n) is 13.4. The summed E-state index contributed by atoms with van der Waals surface area (Å²) in [6.07, 6.45) is -3.13. The highest BCUT2D eigenvalue weighted by molar-refractivity contribution is 5.74. The quantitative estimate of drug-likeness (QED) is 0.881. The van der Waals surface area contributed by atoms with Gasteiger partial charge in [-0.15, -0.1) is 0 Å². The second kappa shape index (κ2) is 7.74. The first-order valence-corrected chi connectivity index (χ1v) is 7.73. The van der Waals surface area contributed by atoms with E-state index >= 15 is 0 Å². The van der Waals surface area contributed by atoms with Gasteiger partial charge in [-0.1, -0.05) is 6.07 Å². The van der Waals surface area contributed by atoms with Crippen molar-refractivity contribution in [3.63, 3.8) is 0 Å². The minimum atomic E-state index is -4.52. The highest BCUT2D eigenvalue weighted by Gasteiger charge is 2.34. The summed E-state index contributed by atoms with van der Waals surface area (Å²) in [6, 6.07) is 3.27. The number of nitrogens with zero attached hydrogens (tertiary/aromatic N) is 1. The van der Waals surface area contributed by atoms with Crippen molar-refractivity contribution in [3.05, 3.63) is 29.3 Å². The lowest BCUT2D eigenvalue weighted by atomic mass is 9.98. The molecule has 0 radical (unpaired) electrons. The molecule has 8 heteroatoms. The van der Waals surface area contributed by atoms with Crippen LogP contribution in [0.25, 0.3) is 0 Å². The number of hydrogen-bond acceptors (Lipinski definition) is 3. The number of ether oxygens (including phenoxy) is 1. The molecule has 1 aliphatic rings. The molecule has 1 saturated heterocycles. The number of likely N-dealkylation sites (tertiary alicyclic amines) is 1. The normalized spacial score (nSPS) is 16.1. The Morgan fingerprint density at radius 1 is 1.38 bits per heavy atom. The number of methoxy groups -OCH3 is 1. The van der Waals surface area contributed by atoms with Crippen LogP contribution in [0.3, 0.4) is 0 Å². The van der Waals surface area contributed by atoms with E-state index in [0.29, 0.717) is 25.9 Å². The van der Waals surface area contributed by atoms with Gasteiger partial charge in [-0.25, -0.2) is 4.79 Å². The van der Waals surface area contributed by atoms with Gasteiger partial charge in [-0.2, -0.15) is 13.2 Å². The summed E-state index contributed by atoms with van der Waals surface area (Å²) < 4.78 is 44.2. The molecule has 134 valence electrons. The number of benzene rings is 1.